The molecule has 30 heavy (non-hydrogen) atoms. The van der Waals surface area contributed by atoms with Crippen molar-refractivity contribution in [3.63, 3.8) is 0 Å². The number of hydrogen-bond donors (Lipinski definition) is 3. The third-order valence-corrected chi connectivity index (χ3v) is 6.42. The minimum Gasteiger partial charge on any atom is -0.357 e. The molecule has 1 aromatic rings. The van der Waals surface area contributed by atoms with Crippen molar-refractivity contribution in [3.05, 3.63) is 34.4 Å². The van der Waals surface area contributed by atoms with Gasteiger partial charge >= 0.3 is 0 Å². The molecule has 10 nitrogen and oxygen atoms in total. The van der Waals surface area contributed by atoms with E-state index in [0.717, 1.165) is 32.0 Å². The summed E-state index contributed by atoms with van der Waals surface area (Å²) in [5, 5.41) is 17.5. The van der Waals surface area contributed by atoms with Crippen LogP contribution in [0.2, 0.25) is 0 Å². The molecule has 0 saturated carbocycles. The van der Waals surface area contributed by atoms with E-state index in [1.54, 1.807) is 0 Å². The van der Waals surface area contributed by atoms with Crippen LogP contribution in [0.5, 0.6) is 0 Å². The first-order valence-corrected chi connectivity index (χ1v) is 11.7. The van der Waals surface area contributed by atoms with Gasteiger partial charge in [-0.1, -0.05) is 6.07 Å². The van der Waals surface area contributed by atoms with E-state index in [-0.39, 0.29) is 23.7 Å². The summed E-state index contributed by atoms with van der Waals surface area (Å²) in [6.45, 7) is 9.50. The van der Waals surface area contributed by atoms with Gasteiger partial charge in [-0.05, 0) is 39.7 Å². The number of nitro benzene ring substituents is 1. The van der Waals surface area contributed by atoms with E-state index in [4.69, 9.17) is 0 Å². The number of non-ortho nitro benzene ring substituents is 1. The van der Waals surface area contributed by atoms with Crippen molar-refractivity contribution in [1.29, 1.82) is 0 Å². The Morgan fingerprint density at radius 1 is 1.33 bits per heavy atom. The molecule has 11 heteroatoms. The molecule has 1 aromatic carbocycles. The van der Waals surface area contributed by atoms with Crippen LogP contribution in [0.4, 0.5) is 5.69 Å². The van der Waals surface area contributed by atoms with Gasteiger partial charge in [0.05, 0.1) is 16.4 Å². The van der Waals surface area contributed by atoms with Crippen LogP contribution in [0.25, 0.3) is 0 Å². The normalized spacial score (nSPS) is 16.6. The van der Waals surface area contributed by atoms with Gasteiger partial charge in [-0.2, -0.15) is 0 Å². The van der Waals surface area contributed by atoms with Crippen LogP contribution in [0.3, 0.4) is 0 Å². The molecule has 3 N–H and O–H groups in total. The second-order valence-corrected chi connectivity index (χ2v) is 9.23. The first kappa shape index (κ1) is 24.0. The molecule has 0 radical (unpaired) electrons. The lowest BCUT2D eigenvalue weighted by atomic mass is 10.0. The van der Waals surface area contributed by atoms with E-state index in [2.05, 4.69) is 39.1 Å². The average Bonchev–Trinajstić information content (AvgIpc) is 2.71. The first-order valence-electron chi connectivity index (χ1n) is 10.3. The molecule has 168 valence electrons. The number of benzene rings is 1. The zero-order valence-corrected chi connectivity index (χ0v) is 18.6. The lowest BCUT2D eigenvalue weighted by Crippen LogP contribution is -2.50. The predicted octanol–water partition coefficient (Wildman–Crippen LogP) is 1.30. The largest absolute Gasteiger partial charge is 0.357 e. The second kappa shape index (κ2) is 11.2. The van der Waals surface area contributed by atoms with Crippen LogP contribution in [0.15, 0.2) is 34.2 Å². The monoisotopic (exact) mass is 440 g/mol. The Kier molecular flexibility index (Phi) is 9.00. The van der Waals surface area contributed by atoms with Gasteiger partial charge in [0.25, 0.3) is 5.69 Å². The maximum atomic E-state index is 12.4. The van der Waals surface area contributed by atoms with Crippen LogP contribution in [0.1, 0.15) is 33.6 Å². The Morgan fingerprint density at radius 3 is 2.63 bits per heavy atom. The van der Waals surface area contributed by atoms with Crippen molar-refractivity contribution in [2.24, 2.45) is 4.99 Å². The molecule has 0 amide bonds. The Balaban J connectivity index is 1.88. The van der Waals surface area contributed by atoms with Gasteiger partial charge in [0.1, 0.15) is 0 Å². The molecule has 2 rings (SSSR count). The Bertz CT molecular complexity index is 835. The molecule has 1 aliphatic rings. The highest BCUT2D eigenvalue weighted by atomic mass is 32.2. The third kappa shape index (κ3) is 7.22. The molecule has 0 bridgehead atoms. The predicted molar refractivity (Wildman–Crippen MR) is 117 cm³/mol. The molecular formula is C19H32N6O4S. The summed E-state index contributed by atoms with van der Waals surface area (Å²) in [4.78, 5) is 17.0. The van der Waals surface area contributed by atoms with Crippen LogP contribution in [-0.2, 0) is 10.0 Å². The zero-order chi connectivity index (χ0) is 22.1. The Morgan fingerprint density at radius 2 is 2.03 bits per heavy atom. The molecule has 0 spiro atoms. The smallest absolute Gasteiger partial charge is 0.270 e. The maximum absolute atomic E-state index is 12.4. The van der Waals surface area contributed by atoms with E-state index in [9.17, 15) is 18.5 Å². The lowest BCUT2D eigenvalue weighted by molar-refractivity contribution is -0.385. The van der Waals surface area contributed by atoms with Gasteiger partial charge in [0.2, 0.25) is 10.0 Å². The summed E-state index contributed by atoms with van der Waals surface area (Å²) in [7, 11) is -3.84. The third-order valence-electron chi connectivity index (χ3n) is 4.96. The minimum atomic E-state index is -3.84. The first-order chi connectivity index (χ1) is 14.2. The van der Waals surface area contributed by atoms with Crippen molar-refractivity contribution in [2.75, 3.05) is 32.7 Å². The summed E-state index contributed by atoms with van der Waals surface area (Å²) in [6, 6.07) is 5.85. The highest BCUT2D eigenvalue weighted by Gasteiger charge is 2.21. The summed E-state index contributed by atoms with van der Waals surface area (Å²) in [5.74, 6) is 0.662. The van der Waals surface area contributed by atoms with Crippen molar-refractivity contribution < 1.29 is 13.3 Å². The van der Waals surface area contributed by atoms with E-state index < -0.39 is 14.9 Å². The summed E-state index contributed by atoms with van der Waals surface area (Å²) >= 11 is 0. The number of guanidine groups is 1. The number of rotatable bonds is 9. The van der Waals surface area contributed by atoms with Gasteiger partial charge in [0, 0.05) is 50.4 Å². The molecule has 1 aliphatic heterocycles. The van der Waals surface area contributed by atoms with Crippen molar-refractivity contribution in [1.82, 2.24) is 20.3 Å². The quantitative estimate of drug-likeness (QED) is 0.174. The van der Waals surface area contributed by atoms with E-state index in [0.29, 0.717) is 24.6 Å². The molecule has 1 saturated heterocycles. The van der Waals surface area contributed by atoms with Gasteiger partial charge < -0.3 is 15.5 Å². The van der Waals surface area contributed by atoms with Crippen LogP contribution in [0, 0.1) is 10.1 Å². The molecule has 0 atom stereocenters. The Labute approximate surface area is 178 Å². The number of likely N-dealkylation sites (tertiary alicyclic amines) is 1. The highest BCUT2D eigenvalue weighted by molar-refractivity contribution is 7.89. The van der Waals surface area contributed by atoms with Crippen molar-refractivity contribution >= 4 is 21.7 Å². The summed E-state index contributed by atoms with van der Waals surface area (Å²) < 4.78 is 27.2. The second-order valence-electron chi connectivity index (χ2n) is 7.46. The standard InChI is InChI=1S/C19H32N6O4S/c1-4-20-19(23-16-8-12-24(13-9-16)15(2)3)21-10-11-22-30(28,29)18-7-5-6-17(14-18)25(26)27/h5-7,14-16,22H,4,8-13H2,1-3H3,(H2,20,21,23). The van der Waals surface area contributed by atoms with Gasteiger partial charge in [-0.15, -0.1) is 0 Å². The fourth-order valence-corrected chi connectivity index (χ4v) is 4.33. The highest BCUT2D eigenvalue weighted by Crippen LogP contribution is 2.17. The molecule has 0 unspecified atom stereocenters. The fraction of sp³-hybridized carbons (Fsp3) is 0.632. The average molecular weight is 441 g/mol. The minimum absolute atomic E-state index is 0.0907. The number of sulfonamides is 1. The fourth-order valence-electron chi connectivity index (χ4n) is 3.27. The molecule has 0 aromatic heterocycles. The zero-order valence-electron chi connectivity index (χ0n) is 17.8. The number of nitrogens with zero attached hydrogens (tertiary/aromatic N) is 3. The topological polar surface area (TPSA) is 129 Å². The van der Waals surface area contributed by atoms with Crippen LogP contribution >= 0.6 is 0 Å². The maximum Gasteiger partial charge on any atom is 0.270 e. The van der Waals surface area contributed by atoms with Crippen molar-refractivity contribution in [2.45, 2.75) is 50.6 Å². The number of piperidine rings is 1. The van der Waals surface area contributed by atoms with Crippen molar-refractivity contribution in [3.8, 4) is 0 Å². The molecule has 1 fully saturated rings. The van der Waals surface area contributed by atoms with Crippen LogP contribution < -0.4 is 15.4 Å². The van der Waals surface area contributed by atoms with Gasteiger partial charge in [0.15, 0.2) is 5.96 Å². The van der Waals surface area contributed by atoms with Gasteiger partial charge in [-0.25, -0.2) is 13.1 Å². The van der Waals surface area contributed by atoms with Gasteiger partial charge in [-0.3, -0.25) is 15.1 Å². The molecular weight excluding hydrogens is 408 g/mol. The number of nitro groups is 1. The molecule has 1 heterocycles. The lowest BCUT2D eigenvalue weighted by Gasteiger charge is -2.35. The SMILES string of the molecule is CCNC(=NCCNS(=O)(=O)c1cccc([N+](=O)[O-])c1)NC1CCN(C(C)C)CC1. The van der Waals surface area contributed by atoms with E-state index >= 15 is 0 Å². The molecule has 0 aliphatic carbocycles. The van der Waals surface area contributed by atoms with Crippen LogP contribution in [-0.4, -0.2) is 69.0 Å². The summed E-state index contributed by atoms with van der Waals surface area (Å²) in [6.07, 6.45) is 2.06. The summed E-state index contributed by atoms with van der Waals surface area (Å²) in [5.41, 5.74) is -0.266. The van der Waals surface area contributed by atoms with E-state index in [1.807, 2.05) is 6.92 Å². The number of nitrogens with one attached hydrogen (secondary N) is 3. The number of aliphatic imine (C=N–C) groups is 1. The Hall–Kier alpha value is -2.24. The van der Waals surface area contributed by atoms with E-state index in [1.165, 1.54) is 18.2 Å². The number of hydrogen-bond acceptors (Lipinski definition) is 6.